The Morgan fingerprint density at radius 1 is 1.20 bits per heavy atom. The Labute approximate surface area is 120 Å². The number of carbonyl (C=O) groups is 2. The smallest absolute Gasteiger partial charge is 0.307 e. The number of rotatable bonds is 12. The highest BCUT2D eigenvalue weighted by atomic mass is 16.5. The van der Waals surface area contributed by atoms with Crippen LogP contribution >= 0.6 is 0 Å². The number of allylic oxidation sites excluding steroid dienone is 2. The molecule has 0 saturated heterocycles. The van der Waals surface area contributed by atoms with E-state index in [0.29, 0.717) is 19.3 Å². The molecule has 0 aromatic rings. The van der Waals surface area contributed by atoms with Crippen LogP contribution in [0, 0.1) is 5.92 Å². The second-order valence-electron chi connectivity index (χ2n) is 4.73. The number of aliphatic hydroxyl groups excluding tert-OH is 1. The maximum Gasteiger partial charge on any atom is 0.307 e. The van der Waals surface area contributed by atoms with E-state index >= 15 is 0 Å². The summed E-state index contributed by atoms with van der Waals surface area (Å²) in [6.45, 7) is 2.22. The van der Waals surface area contributed by atoms with Crippen LogP contribution in [0.1, 0.15) is 51.9 Å². The van der Waals surface area contributed by atoms with Crippen LogP contribution in [0.2, 0.25) is 0 Å². The Bertz CT molecular complexity index is 299. The van der Waals surface area contributed by atoms with E-state index in [9.17, 15) is 9.59 Å². The molecule has 0 bridgehead atoms. The van der Waals surface area contributed by atoms with E-state index in [0.717, 1.165) is 19.3 Å². The molecule has 0 rings (SSSR count). The fraction of sp³-hybridized carbons (Fsp3) is 0.733. The number of esters is 1. The lowest BCUT2D eigenvalue weighted by Crippen LogP contribution is -2.19. The molecule has 5 nitrogen and oxygen atoms in total. The molecule has 116 valence electrons. The average Bonchev–Trinajstić information content (AvgIpc) is 2.41. The summed E-state index contributed by atoms with van der Waals surface area (Å²) in [6.07, 6.45) is 8.69. The van der Waals surface area contributed by atoms with E-state index in [4.69, 9.17) is 14.9 Å². The number of hydrogen-bond donors (Lipinski definition) is 2. The number of carbonyl (C=O) groups excluding carboxylic acids is 1. The van der Waals surface area contributed by atoms with Gasteiger partial charge in [0.1, 0.15) is 0 Å². The monoisotopic (exact) mass is 286 g/mol. The first kappa shape index (κ1) is 18.6. The van der Waals surface area contributed by atoms with Crippen LogP contribution in [0.3, 0.4) is 0 Å². The van der Waals surface area contributed by atoms with Gasteiger partial charge in [0, 0.05) is 13.0 Å². The zero-order valence-electron chi connectivity index (χ0n) is 12.2. The summed E-state index contributed by atoms with van der Waals surface area (Å²) in [5, 5.41) is 17.6. The Morgan fingerprint density at radius 2 is 1.90 bits per heavy atom. The molecule has 0 aromatic heterocycles. The molecule has 0 heterocycles. The summed E-state index contributed by atoms with van der Waals surface area (Å²) < 4.78 is 4.84. The Kier molecular flexibility index (Phi) is 11.8. The number of aliphatic hydroxyl groups is 1. The lowest BCUT2D eigenvalue weighted by Gasteiger charge is -2.10. The van der Waals surface area contributed by atoms with Gasteiger partial charge < -0.3 is 14.9 Å². The molecular formula is C15H26O5. The van der Waals surface area contributed by atoms with Crippen LogP contribution < -0.4 is 0 Å². The number of hydrogen-bond acceptors (Lipinski definition) is 4. The summed E-state index contributed by atoms with van der Waals surface area (Å²) in [6, 6.07) is 0. The summed E-state index contributed by atoms with van der Waals surface area (Å²) >= 11 is 0. The molecule has 0 amide bonds. The van der Waals surface area contributed by atoms with Crippen LogP contribution in [-0.4, -0.2) is 35.4 Å². The van der Waals surface area contributed by atoms with Crippen molar-refractivity contribution in [1.29, 1.82) is 0 Å². The minimum absolute atomic E-state index is 0.0435. The Hall–Kier alpha value is -1.36. The lowest BCUT2D eigenvalue weighted by atomic mass is 9.99. The van der Waals surface area contributed by atoms with Gasteiger partial charge in [-0.2, -0.15) is 0 Å². The fourth-order valence-corrected chi connectivity index (χ4v) is 1.68. The van der Waals surface area contributed by atoms with Crippen LogP contribution in [-0.2, 0) is 14.3 Å². The zero-order valence-corrected chi connectivity index (χ0v) is 12.2. The molecule has 2 N–H and O–H groups in total. The Balaban J connectivity index is 3.95. The molecule has 0 saturated carbocycles. The predicted octanol–water partition coefficient (Wildman–Crippen LogP) is 2.53. The van der Waals surface area contributed by atoms with Gasteiger partial charge in [-0.15, -0.1) is 0 Å². The highest BCUT2D eigenvalue weighted by Gasteiger charge is 2.21. The zero-order chi connectivity index (χ0) is 15.2. The molecule has 0 aliphatic heterocycles. The van der Waals surface area contributed by atoms with Crippen LogP contribution in [0.25, 0.3) is 0 Å². The highest BCUT2D eigenvalue weighted by Crippen LogP contribution is 2.13. The molecule has 0 aliphatic carbocycles. The second-order valence-corrected chi connectivity index (χ2v) is 4.73. The van der Waals surface area contributed by atoms with E-state index in [1.165, 1.54) is 0 Å². The maximum atomic E-state index is 11.4. The van der Waals surface area contributed by atoms with Gasteiger partial charge in [0.25, 0.3) is 0 Å². The molecular weight excluding hydrogens is 260 g/mol. The van der Waals surface area contributed by atoms with E-state index in [1.807, 2.05) is 6.08 Å². The Morgan fingerprint density at radius 3 is 2.50 bits per heavy atom. The van der Waals surface area contributed by atoms with Crippen molar-refractivity contribution < 1.29 is 24.5 Å². The minimum Gasteiger partial charge on any atom is -0.481 e. The minimum atomic E-state index is -0.967. The molecule has 20 heavy (non-hydrogen) atoms. The predicted molar refractivity (Wildman–Crippen MR) is 76.3 cm³/mol. The van der Waals surface area contributed by atoms with Gasteiger partial charge in [-0.1, -0.05) is 31.9 Å². The SMILES string of the molecule is CCCC/C=C/CCC(CC(=O)OCCCO)C(=O)O. The standard InChI is InChI=1S/C15H26O5/c1-2-3-4-5-6-7-9-13(15(18)19)12-14(17)20-11-8-10-16/h5-6,13,16H,2-4,7-12H2,1H3,(H,18,19)/b6-5+. The first-order valence-corrected chi connectivity index (χ1v) is 7.26. The lowest BCUT2D eigenvalue weighted by molar-refractivity contribution is -0.152. The molecule has 0 aromatic carbocycles. The number of ether oxygens (including phenoxy) is 1. The molecule has 0 radical (unpaired) electrons. The molecule has 1 unspecified atom stereocenters. The molecule has 1 atom stereocenters. The normalized spacial score (nSPS) is 12.5. The summed E-state index contributed by atoms with van der Waals surface area (Å²) in [5.41, 5.74) is 0. The highest BCUT2D eigenvalue weighted by molar-refractivity contribution is 5.78. The van der Waals surface area contributed by atoms with Gasteiger partial charge >= 0.3 is 11.9 Å². The summed E-state index contributed by atoms with van der Waals surface area (Å²) in [7, 11) is 0. The largest absolute Gasteiger partial charge is 0.481 e. The van der Waals surface area contributed by atoms with E-state index in [2.05, 4.69) is 13.0 Å². The van der Waals surface area contributed by atoms with Crippen LogP contribution in [0.5, 0.6) is 0 Å². The molecule has 0 aliphatic rings. The number of carboxylic acid groups (broad SMARTS) is 1. The maximum absolute atomic E-state index is 11.4. The van der Waals surface area contributed by atoms with Gasteiger partial charge in [-0.05, 0) is 19.3 Å². The van der Waals surface area contributed by atoms with Crippen molar-refractivity contribution in [2.45, 2.75) is 51.9 Å². The number of carboxylic acids is 1. The summed E-state index contributed by atoms with van der Waals surface area (Å²) in [4.78, 5) is 22.5. The van der Waals surface area contributed by atoms with Gasteiger partial charge in [0.15, 0.2) is 0 Å². The summed E-state index contributed by atoms with van der Waals surface area (Å²) in [5.74, 6) is -2.18. The molecule has 0 fully saturated rings. The van der Waals surface area contributed by atoms with Crippen molar-refractivity contribution in [1.82, 2.24) is 0 Å². The van der Waals surface area contributed by atoms with Gasteiger partial charge in [-0.25, -0.2) is 0 Å². The van der Waals surface area contributed by atoms with E-state index in [1.54, 1.807) is 0 Å². The molecule has 0 spiro atoms. The fourth-order valence-electron chi connectivity index (χ4n) is 1.68. The van der Waals surface area contributed by atoms with Gasteiger partial charge in [-0.3, -0.25) is 9.59 Å². The first-order valence-electron chi connectivity index (χ1n) is 7.26. The van der Waals surface area contributed by atoms with Gasteiger partial charge in [0.05, 0.1) is 18.9 Å². The molecule has 5 heteroatoms. The second kappa shape index (κ2) is 12.7. The topological polar surface area (TPSA) is 83.8 Å². The number of unbranched alkanes of at least 4 members (excludes halogenated alkanes) is 2. The van der Waals surface area contributed by atoms with Crippen molar-refractivity contribution in [2.75, 3.05) is 13.2 Å². The van der Waals surface area contributed by atoms with Crippen molar-refractivity contribution in [3.63, 3.8) is 0 Å². The van der Waals surface area contributed by atoms with E-state index < -0.39 is 17.9 Å². The van der Waals surface area contributed by atoms with Crippen molar-refractivity contribution in [3.05, 3.63) is 12.2 Å². The van der Waals surface area contributed by atoms with Crippen molar-refractivity contribution in [3.8, 4) is 0 Å². The van der Waals surface area contributed by atoms with Crippen molar-refractivity contribution >= 4 is 11.9 Å². The van der Waals surface area contributed by atoms with Crippen LogP contribution in [0.15, 0.2) is 12.2 Å². The van der Waals surface area contributed by atoms with E-state index in [-0.39, 0.29) is 19.6 Å². The van der Waals surface area contributed by atoms with Gasteiger partial charge in [0.2, 0.25) is 0 Å². The third-order valence-corrected chi connectivity index (χ3v) is 2.90. The third kappa shape index (κ3) is 10.6. The first-order chi connectivity index (χ1) is 9.61. The third-order valence-electron chi connectivity index (χ3n) is 2.90. The quantitative estimate of drug-likeness (QED) is 0.327. The van der Waals surface area contributed by atoms with Crippen molar-refractivity contribution in [2.24, 2.45) is 5.92 Å². The number of aliphatic carboxylic acids is 1. The average molecular weight is 286 g/mol. The van der Waals surface area contributed by atoms with Crippen LogP contribution in [0.4, 0.5) is 0 Å².